The van der Waals surface area contributed by atoms with Gasteiger partial charge in [-0.3, -0.25) is 4.79 Å². The van der Waals surface area contributed by atoms with Gasteiger partial charge in [0, 0.05) is 12.0 Å². The van der Waals surface area contributed by atoms with E-state index in [0.717, 1.165) is 32.5 Å². The minimum Gasteiger partial charge on any atom is -0.493 e. The molecule has 0 aromatic rings. The molecular formula is C36H56O4. The summed E-state index contributed by atoms with van der Waals surface area (Å²) in [6.07, 6.45) is 15.6. The van der Waals surface area contributed by atoms with Crippen molar-refractivity contribution in [3.8, 4) is 0 Å². The molecule has 0 radical (unpaired) electrons. The van der Waals surface area contributed by atoms with Crippen molar-refractivity contribution in [2.24, 2.45) is 56.7 Å². The molecule has 0 N–H and O–H groups in total. The van der Waals surface area contributed by atoms with Gasteiger partial charge in [-0.05, 0) is 135 Å². The lowest BCUT2D eigenvalue weighted by atomic mass is 9.33. The first-order chi connectivity index (χ1) is 18.8. The van der Waals surface area contributed by atoms with E-state index in [1.165, 1.54) is 56.9 Å². The third kappa shape index (κ3) is 3.86. The first kappa shape index (κ1) is 29.0. The molecule has 1 heterocycles. The zero-order valence-corrected chi connectivity index (χ0v) is 26.6. The summed E-state index contributed by atoms with van der Waals surface area (Å²) in [7, 11) is 1.68. The molecule has 224 valence electrons. The lowest BCUT2D eigenvalue weighted by Gasteiger charge is -2.71. The van der Waals surface area contributed by atoms with E-state index < -0.39 is 0 Å². The Hall–Kier alpha value is -1.13. The Bertz CT molecular complexity index is 1070. The molecule has 10 atom stereocenters. The molecule has 0 aromatic carbocycles. The fourth-order valence-electron chi connectivity index (χ4n) is 12.2. The van der Waals surface area contributed by atoms with Crippen molar-refractivity contribution in [2.45, 2.75) is 118 Å². The number of fused-ring (bicyclic) bond motifs is 7. The molecule has 0 spiro atoms. The molecule has 1 saturated heterocycles. The number of hydrogen-bond acceptors (Lipinski definition) is 4. The predicted molar refractivity (Wildman–Crippen MR) is 159 cm³/mol. The smallest absolute Gasteiger partial charge is 0.202 e. The Labute approximate surface area is 244 Å². The van der Waals surface area contributed by atoms with Gasteiger partial charge in [0.05, 0.1) is 13.7 Å². The predicted octanol–water partition coefficient (Wildman–Crippen LogP) is 8.51. The van der Waals surface area contributed by atoms with E-state index >= 15 is 0 Å². The highest BCUT2D eigenvalue weighted by molar-refractivity contribution is 5.99. The third-order valence-electron chi connectivity index (χ3n) is 14.5. The van der Waals surface area contributed by atoms with Gasteiger partial charge in [0.25, 0.3) is 0 Å². The van der Waals surface area contributed by atoms with Crippen LogP contribution in [0.5, 0.6) is 0 Å². The fourth-order valence-corrected chi connectivity index (χ4v) is 12.2. The molecule has 40 heavy (non-hydrogen) atoms. The monoisotopic (exact) mass is 552 g/mol. The molecule has 10 unspecified atom stereocenters. The van der Waals surface area contributed by atoms with E-state index in [1.807, 2.05) is 0 Å². The van der Waals surface area contributed by atoms with Gasteiger partial charge in [-0.25, -0.2) is 0 Å². The van der Waals surface area contributed by atoms with E-state index in [4.69, 9.17) is 14.2 Å². The van der Waals surface area contributed by atoms with Gasteiger partial charge < -0.3 is 14.2 Å². The normalized spacial score (nSPS) is 49.7. The summed E-state index contributed by atoms with van der Waals surface area (Å²) in [6, 6.07) is 0. The summed E-state index contributed by atoms with van der Waals surface area (Å²) in [6.45, 7) is 20.7. The van der Waals surface area contributed by atoms with Crippen molar-refractivity contribution in [2.75, 3.05) is 20.3 Å². The first-order valence-electron chi connectivity index (χ1n) is 16.5. The molecule has 4 saturated carbocycles. The van der Waals surface area contributed by atoms with Crippen molar-refractivity contribution >= 4 is 5.78 Å². The summed E-state index contributed by atoms with van der Waals surface area (Å²) in [5.41, 5.74) is 1.72. The van der Waals surface area contributed by atoms with Crippen molar-refractivity contribution in [3.63, 3.8) is 0 Å². The van der Waals surface area contributed by atoms with Crippen LogP contribution in [0.25, 0.3) is 0 Å². The third-order valence-corrected chi connectivity index (χ3v) is 14.5. The Morgan fingerprint density at radius 2 is 1.73 bits per heavy atom. The average Bonchev–Trinajstić information content (AvgIpc) is 3.31. The van der Waals surface area contributed by atoms with E-state index in [9.17, 15) is 4.79 Å². The lowest BCUT2D eigenvalue weighted by Crippen LogP contribution is -2.66. The van der Waals surface area contributed by atoms with Crippen LogP contribution in [0.15, 0.2) is 24.0 Å². The molecule has 5 aliphatic carbocycles. The van der Waals surface area contributed by atoms with Gasteiger partial charge in [0.1, 0.15) is 0 Å². The summed E-state index contributed by atoms with van der Waals surface area (Å²) in [4.78, 5) is 13.4. The zero-order chi connectivity index (χ0) is 28.7. The highest BCUT2D eigenvalue weighted by atomic mass is 16.7. The number of Topliss-reactive ketones (excluding diaryl/α,β-unsaturated/α-hetero) is 1. The van der Waals surface area contributed by atoms with Crippen LogP contribution >= 0.6 is 0 Å². The second-order valence-corrected chi connectivity index (χ2v) is 16.3. The Morgan fingerprint density at radius 3 is 2.40 bits per heavy atom. The first-order valence-corrected chi connectivity index (χ1v) is 16.5. The fraction of sp³-hybridized carbons (Fsp3) is 0.861. The number of ketones is 1. The molecule has 1 aliphatic heterocycles. The molecule has 0 aromatic heterocycles. The van der Waals surface area contributed by atoms with Crippen LogP contribution in [0.1, 0.15) is 112 Å². The standard InChI is InChI=1S/C36H56O4/c1-23(2)24-14-17-36(22-40-29-11-9-10-20-39-29)19-18-34(6)25(30(24)36)12-13-28-33(5)21-26(38-8)31(37)32(3,4)27(33)15-16-35(28,34)7/h21,24-25,27-30H,1,9-20,22H2,2-8H3. The van der Waals surface area contributed by atoms with Gasteiger partial charge in [-0.15, -0.1) is 0 Å². The summed E-state index contributed by atoms with van der Waals surface area (Å²) in [5, 5.41) is 0. The Morgan fingerprint density at radius 1 is 0.950 bits per heavy atom. The van der Waals surface area contributed by atoms with E-state index in [0.29, 0.717) is 35.3 Å². The van der Waals surface area contributed by atoms with Crippen LogP contribution in [0.3, 0.4) is 0 Å². The van der Waals surface area contributed by atoms with Crippen LogP contribution in [-0.4, -0.2) is 32.4 Å². The summed E-state index contributed by atoms with van der Waals surface area (Å²) in [5.74, 6) is 3.65. The zero-order valence-electron chi connectivity index (χ0n) is 26.6. The molecule has 4 nitrogen and oxygen atoms in total. The van der Waals surface area contributed by atoms with Gasteiger partial charge in [-0.2, -0.15) is 0 Å². The number of methoxy groups -OCH3 is 1. The van der Waals surface area contributed by atoms with E-state index in [-0.39, 0.29) is 39.1 Å². The number of hydrogen-bond donors (Lipinski definition) is 0. The van der Waals surface area contributed by atoms with Crippen LogP contribution in [0.4, 0.5) is 0 Å². The molecule has 0 amide bonds. The lowest BCUT2D eigenvalue weighted by molar-refractivity contribution is -0.236. The maximum absolute atomic E-state index is 13.4. The second kappa shape index (κ2) is 9.69. The topological polar surface area (TPSA) is 44.8 Å². The van der Waals surface area contributed by atoms with Gasteiger partial charge in [-0.1, -0.05) is 46.8 Å². The minimum atomic E-state index is -0.384. The summed E-state index contributed by atoms with van der Waals surface area (Å²) >= 11 is 0. The Kier molecular flexibility index (Phi) is 7.02. The van der Waals surface area contributed by atoms with Crippen LogP contribution in [0.2, 0.25) is 0 Å². The van der Waals surface area contributed by atoms with Crippen LogP contribution < -0.4 is 0 Å². The molecular weight excluding hydrogens is 496 g/mol. The van der Waals surface area contributed by atoms with Crippen molar-refractivity contribution in [1.82, 2.24) is 0 Å². The number of carbonyl (C=O) groups excluding carboxylic acids is 1. The van der Waals surface area contributed by atoms with Crippen LogP contribution in [0, 0.1) is 56.7 Å². The van der Waals surface area contributed by atoms with E-state index in [2.05, 4.69) is 54.2 Å². The average molecular weight is 553 g/mol. The number of ether oxygens (including phenoxy) is 3. The van der Waals surface area contributed by atoms with Crippen molar-refractivity contribution < 1.29 is 19.0 Å². The number of rotatable bonds is 5. The minimum absolute atomic E-state index is 0.0106. The highest BCUT2D eigenvalue weighted by Gasteiger charge is 2.71. The molecule has 6 rings (SSSR count). The molecule has 6 aliphatic rings. The summed E-state index contributed by atoms with van der Waals surface area (Å²) < 4.78 is 18.4. The maximum atomic E-state index is 13.4. The largest absolute Gasteiger partial charge is 0.493 e. The van der Waals surface area contributed by atoms with Crippen molar-refractivity contribution in [3.05, 3.63) is 24.0 Å². The second-order valence-electron chi connectivity index (χ2n) is 16.3. The quantitative estimate of drug-likeness (QED) is 0.321. The van der Waals surface area contributed by atoms with E-state index in [1.54, 1.807) is 7.11 Å². The molecule has 0 bridgehead atoms. The SMILES string of the molecule is C=C(C)C1CCC2(COC3CCCCO3)CCC3(C)C(CCC4C5(C)C=C(OC)C(=O)C(C)(C)C5CCC43C)C12. The Balaban J connectivity index is 1.35. The van der Waals surface area contributed by atoms with Crippen LogP contribution in [-0.2, 0) is 19.0 Å². The van der Waals surface area contributed by atoms with Gasteiger partial charge >= 0.3 is 0 Å². The van der Waals surface area contributed by atoms with Gasteiger partial charge in [0.2, 0.25) is 5.78 Å². The molecule has 4 heteroatoms. The van der Waals surface area contributed by atoms with Crippen molar-refractivity contribution in [1.29, 1.82) is 0 Å². The van der Waals surface area contributed by atoms with Gasteiger partial charge in [0.15, 0.2) is 12.0 Å². The molecule has 5 fully saturated rings. The maximum Gasteiger partial charge on any atom is 0.202 e. The number of carbonyl (C=O) groups is 1. The highest BCUT2D eigenvalue weighted by Crippen LogP contribution is 2.77. The number of allylic oxidation sites excluding steroid dienone is 3.